The molecule has 1 aromatic heterocycles. The van der Waals surface area contributed by atoms with Crippen molar-refractivity contribution in [1.82, 2.24) is 10.2 Å². The molecule has 2 heterocycles. The van der Waals surface area contributed by atoms with Crippen LogP contribution in [-0.4, -0.2) is 34.4 Å². The predicted molar refractivity (Wildman–Crippen MR) is 75.7 cm³/mol. The van der Waals surface area contributed by atoms with E-state index in [0.29, 0.717) is 18.4 Å². The van der Waals surface area contributed by atoms with E-state index < -0.39 is 5.97 Å². The Morgan fingerprint density at radius 2 is 2.05 bits per heavy atom. The summed E-state index contributed by atoms with van der Waals surface area (Å²) in [6, 6.07) is 3.96. The average Bonchev–Trinajstić information content (AvgIpc) is 3.17. The molecule has 3 rings (SSSR count). The lowest BCUT2D eigenvalue weighted by atomic mass is 9.92. The maximum atomic E-state index is 11.4. The molecule has 0 unspecified atom stereocenters. The molecule has 1 saturated heterocycles. The van der Waals surface area contributed by atoms with Crippen LogP contribution in [0.3, 0.4) is 0 Å². The summed E-state index contributed by atoms with van der Waals surface area (Å²) in [4.78, 5) is 13.5. The minimum absolute atomic E-state index is 0.255. The summed E-state index contributed by atoms with van der Waals surface area (Å²) >= 11 is 0. The quantitative estimate of drug-likeness (QED) is 0.912. The average molecular weight is 275 g/mol. The number of hydrogen-bond donors (Lipinski definition) is 1. The van der Waals surface area contributed by atoms with E-state index in [-0.39, 0.29) is 11.8 Å². The van der Waals surface area contributed by atoms with Crippen molar-refractivity contribution in [3.05, 3.63) is 17.8 Å². The van der Waals surface area contributed by atoms with Gasteiger partial charge >= 0.3 is 5.97 Å². The van der Waals surface area contributed by atoms with E-state index in [1.807, 2.05) is 12.1 Å². The lowest BCUT2D eigenvalue weighted by molar-refractivity contribution is -0.142. The third-order valence-corrected chi connectivity index (χ3v) is 4.50. The van der Waals surface area contributed by atoms with Gasteiger partial charge < -0.3 is 10.0 Å². The number of anilines is 1. The van der Waals surface area contributed by atoms with Crippen LogP contribution < -0.4 is 4.90 Å². The molecule has 0 amide bonds. The van der Waals surface area contributed by atoms with Gasteiger partial charge in [0.25, 0.3) is 0 Å². The van der Waals surface area contributed by atoms with Gasteiger partial charge in [-0.1, -0.05) is 13.8 Å². The van der Waals surface area contributed by atoms with Gasteiger partial charge in [0.1, 0.15) is 0 Å². The lowest BCUT2D eigenvalue weighted by Gasteiger charge is -2.17. The van der Waals surface area contributed by atoms with Crippen LogP contribution in [-0.2, 0) is 4.79 Å². The van der Waals surface area contributed by atoms with E-state index in [4.69, 9.17) is 0 Å². The Labute approximate surface area is 119 Å². The van der Waals surface area contributed by atoms with E-state index >= 15 is 0 Å². The molecule has 0 aromatic carbocycles. The van der Waals surface area contributed by atoms with Gasteiger partial charge in [-0.05, 0) is 42.7 Å². The zero-order valence-corrected chi connectivity index (χ0v) is 12.0. The zero-order valence-electron chi connectivity index (χ0n) is 12.0. The Bertz CT molecular complexity index is 496. The van der Waals surface area contributed by atoms with Crippen molar-refractivity contribution in [3.8, 4) is 0 Å². The fourth-order valence-electron chi connectivity index (χ4n) is 3.09. The largest absolute Gasteiger partial charge is 0.481 e. The van der Waals surface area contributed by atoms with Crippen LogP contribution in [0.2, 0.25) is 0 Å². The lowest BCUT2D eigenvalue weighted by Crippen LogP contribution is -2.24. The molecule has 2 aliphatic rings. The predicted octanol–water partition coefficient (Wildman–Crippen LogP) is 2.15. The molecule has 108 valence electrons. The Morgan fingerprint density at radius 3 is 2.55 bits per heavy atom. The fraction of sp³-hybridized carbons (Fsp3) is 0.667. The molecule has 0 radical (unpaired) electrons. The van der Waals surface area contributed by atoms with Gasteiger partial charge in [-0.15, -0.1) is 5.10 Å². The number of nitrogens with zero attached hydrogens (tertiary/aromatic N) is 3. The molecule has 20 heavy (non-hydrogen) atoms. The normalized spacial score (nSPS) is 26.2. The first kappa shape index (κ1) is 13.3. The minimum atomic E-state index is -0.670. The summed E-state index contributed by atoms with van der Waals surface area (Å²) in [6.45, 7) is 5.54. The third kappa shape index (κ3) is 2.49. The maximum absolute atomic E-state index is 11.4. The molecule has 2 atom stereocenters. The fourth-order valence-corrected chi connectivity index (χ4v) is 3.09. The second-order valence-electron chi connectivity index (χ2n) is 6.32. The molecule has 1 aliphatic carbocycles. The zero-order chi connectivity index (χ0) is 14.3. The molecular formula is C15H21N3O2. The smallest absolute Gasteiger partial charge is 0.308 e. The number of aromatic nitrogens is 2. The molecule has 1 aromatic rings. The second kappa shape index (κ2) is 5.04. The highest BCUT2D eigenvalue weighted by atomic mass is 16.4. The van der Waals surface area contributed by atoms with Crippen molar-refractivity contribution in [2.24, 2.45) is 17.8 Å². The van der Waals surface area contributed by atoms with E-state index in [9.17, 15) is 9.90 Å². The van der Waals surface area contributed by atoms with Crippen LogP contribution in [0.15, 0.2) is 12.1 Å². The van der Waals surface area contributed by atoms with Gasteiger partial charge in [-0.25, -0.2) is 0 Å². The summed E-state index contributed by atoms with van der Waals surface area (Å²) in [5, 5.41) is 17.9. The third-order valence-electron chi connectivity index (χ3n) is 4.50. The molecule has 2 fully saturated rings. The summed E-state index contributed by atoms with van der Waals surface area (Å²) in [6.07, 6.45) is 2.36. The van der Waals surface area contributed by atoms with Crippen LogP contribution >= 0.6 is 0 Å². The molecule has 5 nitrogen and oxygen atoms in total. The SMILES string of the molecule is CC(C)c1ccc(N2C[C@@H](C(=O)O)[C@H](C3CC3)C2)nn1. The monoisotopic (exact) mass is 275 g/mol. The first-order valence-corrected chi connectivity index (χ1v) is 7.37. The Kier molecular flexibility index (Phi) is 3.36. The van der Waals surface area contributed by atoms with Gasteiger partial charge in [-0.2, -0.15) is 5.10 Å². The van der Waals surface area contributed by atoms with Gasteiger partial charge in [0.15, 0.2) is 5.82 Å². The Morgan fingerprint density at radius 1 is 1.30 bits per heavy atom. The van der Waals surface area contributed by atoms with Crippen molar-refractivity contribution in [2.75, 3.05) is 18.0 Å². The highest BCUT2D eigenvalue weighted by molar-refractivity contribution is 5.72. The van der Waals surface area contributed by atoms with E-state index in [1.165, 1.54) is 12.8 Å². The molecule has 0 spiro atoms. The van der Waals surface area contributed by atoms with Crippen LogP contribution in [0.25, 0.3) is 0 Å². The number of hydrogen-bond acceptors (Lipinski definition) is 4. The van der Waals surface area contributed by atoms with Gasteiger partial charge in [-0.3, -0.25) is 4.79 Å². The van der Waals surface area contributed by atoms with Gasteiger partial charge in [0, 0.05) is 13.1 Å². The standard InChI is InChI=1S/C15H21N3O2/c1-9(2)13-5-6-14(17-16-13)18-7-11(10-3-4-10)12(8-18)15(19)20/h5-6,9-12H,3-4,7-8H2,1-2H3,(H,19,20)/t11-,12+/m0/s1. The van der Waals surface area contributed by atoms with Crippen molar-refractivity contribution >= 4 is 11.8 Å². The number of aliphatic carboxylic acids is 1. The Balaban J connectivity index is 1.75. The van der Waals surface area contributed by atoms with Gasteiger partial charge in [0.2, 0.25) is 0 Å². The summed E-state index contributed by atoms with van der Waals surface area (Å²) in [7, 11) is 0. The van der Waals surface area contributed by atoms with E-state index in [1.54, 1.807) is 0 Å². The van der Waals surface area contributed by atoms with Gasteiger partial charge in [0.05, 0.1) is 11.6 Å². The summed E-state index contributed by atoms with van der Waals surface area (Å²) < 4.78 is 0. The second-order valence-corrected chi connectivity index (χ2v) is 6.32. The summed E-state index contributed by atoms with van der Waals surface area (Å²) in [5.74, 6) is 1.12. The maximum Gasteiger partial charge on any atom is 0.308 e. The first-order chi connectivity index (χ1) is 9.56. The van der Waals surface area contributed by atoms with Crippen molar-refractivity contribution in [3.63, 3.8) is 0 Å². The number of rotatable bonds is 4. The van der Waals surface area contributed by atoms with Crippen molar-refractivity contribution < 1.29 is 9.90 Å². The number of carboxylic acid groups (broad SMARTS) is 1. The van der Waals surface area contributed by atoms with E-state index in [0.717, 1.165) is 18.1 Å². The molecule has 1 N–H and O–H groups in total. The van der Waals surface area contributed by atoms with Crippen LogP contribution in [0.5, 0.6) is 0 Å². The molecular weight excluding hydrogens is 254 g/mol. The van der Waals surface area contributed by atoms with Crippen LogP contribution in [0, 0.1) is 17.8 Å². The first-order valence-electron chi connectivity index (χ1n) is 7.37. The van der Waals surface area contributed by atoms with E-state index in [2.05, 4.69) is 28.9 Å². The molecule has 0 bridgehead atoms. The number of carbonyl (C=O) groups is 1. The Hall–Kier alpha value is -1.65. The summed E-state index contributed by atoms with van der Waals surface area (Å²) in [5.41, 5.74) is 0.974. The highest BCUT2D eigenvalue weighted by Crippen LogP contribution is 2.44. The highest BCUT2D eigenvalue weighted by Gasteiger charge is 2.46. The molecule has 1 aliphatic heterocycles. The van der Waals surface area contributed by atoms with Crippen LogP contribution in [0.4, 0.5) is 5.82 Å². The number of carboxylic acids is 1. The molecule has 1 saturated carbocycles. The minimum Gasteiger partial charge on any atom is -0.481 e. The van der Waals surface area contributed by atoms with Crippen molar-refractivity contribution in [1.29, 1.82) is 0 Å². The van der Waals surface area contributed by atoms with Crippen LogP contribution in [0.1, 0.15) is 38.3 Å². The molecule has 5 heteroatoms. The topological polar surface area (TPSA) is 66.3 Å². The van der Waals surface area contributed by atoms with Crippen molar-refractivity contribution in [2.45, 2.75) is 32.6 Å².